The van der Waals surface area contributed by atoms with Crippen molar-refractivity contribution < 1.29 is 4.79 Å². The van der Waals surface area contributed by atoms with E-state index in [1.165, 1.54) is 0 Å². The minimum atomic E-state index is -0.0416. The average Bonchev–Trinajstić information content (AvgIpc) is 2.71. The number of benzene rings is 2. The first-order valence-corrected chi connectivity index (χ1v) is 10.9. The lowest BCUT2D eigenvalue weighted by atomic mass is 10.1. The topological polar surface area (TPSA) is 58.1 Å². The van der Waals surface area contributed by atoms with E-state index < -0.39 is 0 Å². The fourth-order valence-electron chi connectivity index (χ4n) is 3.29. The van der Waals surface area contributed by atoms with Gasteiger partial charge in [-0.05, 0) is 30.2 Å². The summed E-state index contributed by atoms with van der Waals surface area (Å²) in [6.45, 7) is 7.56. The number of anilines is 2. The minimum Gasteiger partial charge on any atom is -0.355 e. The molecule has 0 aliphatic heterocycles. The number of para-hydroxylation sites is 1. The fraction of sp³-hybridized carbons (Fsp3) is 0.348. The van der Waals surface area contributed by atoms with Gasteiger partial charge < -0.3 is 10.2 Å². The molecule has 0 spiro atoms. The highest BCUT2D eigenvalue weighted by Crippen LogP contribution is 2.32. The lowest BCUT2D eigenvalue weighted by Gasteiger charge is -2.27. The number of hydrogen-bond acceptors (Lipinski definition) is 4. The van der Waals surface area contributed by atoms with Crippen LogP contribution in [0.25, 0.3) is 10.9 Å². The highest BCUT2D eigenvalue weighted by molar-refractivity contribution is 6.38. The van der Waals surface area contributed by atoms with Crippen LogP contribution in [-0.4, -0.2) is 29.0 Å². The molecule has 3 rings (SSSR count). The van der Waals surface area contributed by atoms with Crippen molar-refractivity contribution in [1.29, 1.82) is 0 Å². The summed E-state index contributed by atoms with van der Waals surface area (Å²) in [4.78, 5) is 24.0. The lowest BCUT2D eigenvalue weighted by molar-refractivity contribution is -0.116. The molecular formula is C23H26Cl2N4O. The van der Waals surface area contributed by atoms with Gasteiger partial charge in [-0.1, -0.05) is 62.2 Å². The van der Waals surface area contributed by atoms with Crippen LogP contribution in [0.1, 0.15) is 33.0 Å². The molecule has 30 heavy (non-hydrogen) atoms. The number of carbonyl (C=O) groups is 1. The summed E-state index contributed by atoms with van der Waals surface area (Å²) < 4.78 is 0. The first-order valence-electron chi connectivity index (χ1n) is 10.1. The molecule has 0 atom stereocenters. The zero-order valence-corrected chi connectivity index (χ0v) is 19.0. The number of hydrogen-bond donors (Lipinski definition) is 1. The summed E-state index contributed by atoms with van der Waals surface area (Å²) in [5.74, 6) is 1.82. The maximum atomic E-state index is 12.5. The lowest BCUT2D eigenvalue weighted by Crippen LogP contribution is -2.32. The maximum Gasteiger partial charge on any atom is 0.226 e. The Morgan fingerprint density at radius 3 is 2.53 bits per heavy atom. The van der Waals surface area contributed by atoms with E-state index in [9.17, 15) is 4.79 Å². The Balaban J connectivity index is 1.91. The summed E-state index contributed by atoms with van der Waals surface area (Å²) in [5.41, 5.74) is 1.47. The van der Waals surface area contributed by atoms with Gasteiger partial charge in [0.15, 0.2) is 0 Å². The molecule has 158 valence electrons. The molecule has 0 saturated heterocycles. The van der Waals surface area contributed by atoms with Crippen molar-refractivity contribution in [3.05, 3.63) is 58.3 Å². The number of nitrogens with zero attached hydrogens (tertiary/aromatic N) is 3. The number of aromatic nitrogens is 2. The standard InChI is InChI=1S/C23H26Cl2N4O/c1-4-20-27-22-18(12-16(24)13-19(22)25)23(28-20)29(14-15(2)3)11-10-21(30)26-17-8-6-5-7-9-17/h5-9,12-13,15H,4,10-11,14H2,1-3H3,(H,26,30). The van der Waals surface area contributed by atoms with Crippen molar-refractivity contribution in [2.24, 2.45) is 5.92 Å². The van der Waals surface area contributed by atoms with E-state index in [-0.39, 0.29) is 5.91 Å². The highest BCUT2D eigenvalue weighted by Gasteiger charge is 2.19. The number of rotatable bonds is 8. The summed E-state index contributed by atoms with van der Waals surface area (Å²) in [7, 11) is 0. The second-order valence-corrected chi connectivity index (χ2v) is 8.45. The maximum absolute atomic E-state index is 12.5. The fourth-order valence-corrected chi connectivity index (χ4v) is 3.83. The zero-order valence-electron chi connectivity index (χ0n) is 17.5. The third-order valence-corrected chi connectivity index (χ3v) is 5.12. The van der Waals surface area contributed by atoms with Gasteiger partial charge in [-0.3, -0.25) is 4.79 Å². The molecule has 1 N–H and O–H groups in total. The minimum absolute atomic E-state index is 0.0416. The number of carbonyl (C=O) groups excluding carboxylic acids is 1. The van der Waals surface area contributed by atoms with Crippen LogP contribution in [0.4, 0.5) is 11.5 Å². The Hall–Kier alpha value is -2.37. The van der Waals surface area contributed by atoms with Crippen LogP contribution in [-0.2, 0) is 11.2 Å². The van der Waals surface area contributed by atoms with Crippen LogP contribution in [0.2, 0.25) is 10.0 Å². The summed E-state index contributed by atoms with van der Waals surface area (Å²) in [6, 6.07) is 13.0. The van der Waals surface area contributed by atoms with Crippen molar-refractivity contribution in [3.8, 4) is 0 Å². The van der Waals surface area contributed by atoms with Crippen molar-refractivity contribution in [3.63, 3.8) is 0 Å². The number of fused-ring (bicyclic) bond motifs is 1. The van der Waals surface area contributed by atoms with Crippen molar-refractivity contribution in [2.45, 2.75) is 33.6 Å². The molecule has 1 aromatic heterocycles. The molecule has 1 heterocycles. The molecular weight excluding hydrogens is 419 g/mol. The first-order chi connectivity index (χ1) is 14.4. The third-order valence-electron chi connectivity index (χ3n) is 4.61. The molecule has 0 bridgehead atoms. The van der Waals surface area contributed by atoms with E-state index in [4.69, 9.17) is 28.2 Å². The number of nitrogens with one attached hydrogen (secondary N) is 1. The van der Waals surface area contributed by atoms with Gasteiger partial charge in [0.05, 0.1) is 10.5 Å². The Morgan fingerprint density at radius 2 is 1.87 bits per heavy atom. The average molecular weight is 445 g/mol. The van der Waals surface area contributed by atoms with Crippen LogP contribution in [0, 0.1) is 5.92 Å². The van der Waals surface area contributed by atoms with E-state index in [2.05, 4.69) is 29.0 Å². The van der Waals surface area contributed by atoms with Crippen LogP contribution in [0.3, 0.4) is 0 Å². The largest absolute Gasteiger partial charge is 0.355 e. The van der Waals surface area contributed by atoms with Gasteiger partial charge in [0.2, 0.25) is 5.91 Å². The Bertz CT molecular complexity index is 1020. The first kappa shape index (κ1) is 22.3. The van der Waals surface area contributed by atoms with Gasteiger partial charge in [0.25, 0.3) is 0 Å². The molecule has 0 fully saturated rings. The van der Waals surface area contributed by atoms with Crippen molar-refractivity contribution >= 4 is 51.5 Å². The molecule has 0 saturated carbocycles. The molecule has 0 aliphatic rings. The third kappa shape index (κ3) is 5.61. The van der Waals surface area contributed by atoms with Gasteiger partial charge in [-0.25, -0.2) is 9.97 Å². The molecule has 0 unspecified atom stereocenters. The van der Waals surface area contributed by atoms with Gasteiger partial charge in [-0.15, -0.1) is 0 Å². The van der Waals surface area contributed by atoms with E-state index in [0.29, 0.717) is 46.7 Å². The van der Waals surface area contributed by atoms with Crippen LogP contribution in [0.15, 0.2) is 42.5 Å². The van der Waals surface area contributed by atoms with E-state index in [1.54, 1.807) is 6.07 Å². The molecule has 5 nitrogen and oxygen atoms in total. The Labute approximate surface area is 187 Å². The van der Waals surface area contributed by atoms with Crippen LogP contribution < -0.4 is 10.2 Å². The predicted molar refractivity (Wildman–Crippen MR) is 126 cm³/mol. The van der Waals surface area contributed by atoms with Crippen molar-refractivity contribution in [1.82, 2.24) is 9.97 Å². The normalized spacial score (nSPS) is 11.1. The number of amides is 1. The van der Waals surface area contributed by atoms with Gasteiger partial charge >= 0.3 is 0 Å². The van der Waals surface area contributed by atoms with E-state index in [0.717, 1.165) is 23.4 Å². The van der Waals surface area contributed by atoms with Gasteiger partial charge in [0, 0.05) is 42.0 Å². The highest BCUT2D eigenvalue weighted by atomic mass is 35.5. The smallest absolute Gasteiger partial charge is 0.226 e. The van der Waals surface area contributed by atoms with Crippen LogP contribution >= 0.6 is 23.2 Å². The predicted octanol–water partition coefficient (Wildman–Crippen LogP) is 5.99. The number of aryl methyl sites for hydroxylation is 1. The Kier molecular flexibility index (Phi) is 7.51. The SMILES string of the molecule is CCc1nc(N(CCC(=O)Nc2ccccc2)CC(C)C)c2cc(Cl)cc(Cl)c2n1. The summed E-state index contributed by atoms with van der Waals surface area (Å²) in [5, 5.41) is 4.78. The Morgan fingerprint density at radius 1 is 1.13 bits per heavy atom. The molecule has 1 amide bonds. The molecule has 0 radical (unpaired) electrons. The van der Waals surface area contributed by atoms with Crippen LogP contribution in [0.5, 0.6) is 0 Å². The second-order valence-electron chi connectivity index (χ2n) is 7.60. The van der Waals surface area contributed by atoms with E-state index in [1.807, 2.05) is 43.3 Å². The second kappa shape index (κ2) is 10.1. The van der Waals surface area contributed by atoms with Gasteiger partial charge in [0.1, 0.15) is 11.6 Å². The molecule has 3 aromatic rings. The zero-order chi connectivity index (χ0) is 21.7. The molecule has 7 heteroatoms. The van der Waals surface area contributed by atoms with Gasteiger partial charge in [-0.2, -0.15) is 0 Å². The van der Waals surface area contributed by atoms with E-state index >= 15 is 0 Å². The monoisotopic (exact) mass is 444 g/mol. The molecule has 2 aromatic carbocycles. The van der Waals surface area contributed by atoms with Crippen molar-refractivity contribution in [2.75, 3.05) is 23.3 Å². The summed E-state index contributed by atoms with van der Waals surface area (Å²) >= 11 is 12.7. The molecule has 0 aliphatic carbocycles. The summed E-state index contributed by atoms with van der Waals surface area (Å²) in [6.07, 6.45) is 1.02. The quantitative estimate of drug-likeness (QED) is 0.463. The number of halogens is 2.